The van der Waals surface area contributed by atoms with Crippen LogP contribution in [0.2, 0.25) is 0 Å². The molecular weight excluding hydrogens is 248 g/mol. The molecule has 0 aliphatic carbocycles. The van der Waals surface area contributed by atoms with Crippen LogP contribution in [0.5, 0.6) is 11.5 Å². The van der Waals surface area contributed by atoms with Gasteiger partial charge in [0.1, 0.15) is 5.75 Å². The van der Waals surface area contributed by atoms with Gasteiger partial charge in [-0.15, -0.1) is 0 Å². The van der Waals surface area contributed by atoms with E-state index < -0.39 is 0 Å². The van der Waals surface area contributed by atoms with Crippen LogP contribution in [0.1, 0.15) is 37.8 Å². The molecule has 2 aromatic carbocycles. The highest BCUT2D eigenvalue weighted by Crippen LogP contribution is 2.32. The quantitative estimate of drug-likeness (QED) is 0.641. The summed E-state index contributed by atoms with van der Waals surface area (Å²) < 4.78 is 0. The van der Waals surface area contributed by atoms with E-state index in [0.717, 1.165) is 18.4 Å². The molecule has 0 aliphatic rings. The highest BCUT2D eigenvalue weighted by atomic mass is 16.3. The Hall–Kier alpha value is -2.22. The Morgan fingerprint density at radius 3 is 1.60 bits per heavy atom. The van der Waals surface area contributed by atoms with E-state index in [2.05, 4.69) is 13.8 Å². The number of hydrogen-bond donors (Lipinski definition) is 1. The van der Waals surface area contributed by atoms with Gasteiger partial charge in [0.2, 0.25) is 0 Å². The van der Waals surface area contributed by atoms with Gasteiger partial charge in [0.25, 0.3) is 5.75 Å². The first kappa shape index (κ1) is 14.2. The smallest absolute Gasteiger partial charge is 0.253 e. The average Bonchev–Trinajstić information content (AvgIpc) is 2.47. The minimum Gasteiger partial charge on any atom is -0.593 e. The fourth-order valence-electron chi connectivity index (χ4n) is 2.52. The molecular formula is C18H21O2+. The SMILES string of the molecule is CC/C(=C(/CC)c1ccc([OH2+])cc1)c1ccc(O)cc1. The molecule has 20 heavy (non-hydrogen) atoms. The van der Waals surface area contributed by atoms with Gasteiger partial charge < -0.3 is 10.2 Å². The molecule has 0 radical (unpaired) electrons. The third kappa shape index (κ3) is 3.02. The van der Waals surface area contributed by atoms with Crippen LogP contribution in [0.4, 0.5) is 0 Å². The molecule has 0 atom stereocenters. The van der Waals surface area contributed by atoms with E-state index in [-0.39, 0.29) is 0 Å². The molecule has 0 spiro atoms. The van der Waals surface area contributed by atoms with Crippen molar-refractivity contribution in [2.75, 3.05) is 0 Å². The summed E-state index contributed by atoms with van der Waals surface area (Å²) in [6.07, 6.45) is 1.89. The number of aromatic hydroxyl groups is 1. The summed E-state index contributed by atoms with van der Waals surface area (Å²) in [5, 5.41) is 17.0. The molecule has 0 aliphatic heterocycles. The second kappa shape index (κ2) is 6.29. The standard InChI is InChI=1S/C18H20O2/c1-3-17(13-5-9-15(19)10-6-13)18(4-2)14-7-11-16(20)12-8-14/h5-12,19-20H,3-4H2,1-2H3/p+1/b18-17+. The first-order valence-corrected chi connectivity index (χ1v) is 6.99. The van der Waals surface area contributed by atoms with Crippen LogP contribution >= 0.6 is 0 Å². The van der Waals surface area contributed by atoms with Gasteiger partial charge >= 0.3 is 0 Å². The molecule has 104 valence electrons. The van der Waals surface area contributed by atoms with Crippen molar-refractivity contribution in [1.29, 1.82) is 0 Å². The third-order valence-corrected chi connectivity index (χ3v) is 3.52. The Bertz CT molecular complexity index is 537. The second-order valence-corrected chi connectivity index (χ2v) is 4.79. The van der Waals surface area contributed by atoms with E-state index in [9.17, 15) is 5.11 Å². The molecule has 2 aromatic rings. The van der Waals surface area contributed by atoms with E-state index in [1.165, 1.54) is 16.7 Å². The predicted octanol–water partition coefficient (Wildman–Crippen LogP) is 4.56. The van der Waals surface area contributed by atoms with E-state index in [1.807, 2.05) is 36.4 Å². The maximum absolute atomic E-state index is 9.42. The van der Waals surface area contributed by atoms with Crippen molar-refractivity contribution in [3.05, 3.63) is 59.7 Å². The van der Waals surface area contributed by atoms with E-state index >= 15 is 0 Å². The lowest BCUT2D eigenvalue weighted by Gasteiger charge is -2.14. The summed E-state index contributed by atoms with van der Waals surface area (Å²) in [7, 11) is 0. The number of allylic oxidation sites excluding steroid dienone is 2. The van der Waals surface area contributed by atoms with Crippen LogP contribution in [0, 0.1) is 0 Å². The zero-order valence-corrected chi connectivity index (χ0v) is 12.0. The van der Waals surface area contributed by atoms with Crippen LogP contribution in [0.15, 0.2) is 48.5 Å². The van der Waals surface area contributed by atoms with E-state index in [1.54, 1.807) is 12.1 Å². The molecule has 0 aromatic heterocycles. The van der Waals surface area contributed by atoms with Crippen LogP contribution < -0.4 is 0 Å². The summed E-state index contributed by atoms with van der Waals surface area (Å²) in [6, 6.07) is 15.1. The van der Waals surface area contributed by atoms with Gasteiger partial charge in [-0.25, -0.2) is 0 Å². The molecule has 2 heteroatoms. The van der Waals surface area contributed by atoms with Crippen molar-refractivity contribution in [2.45, 2.75) is 26.7 Å². The van der Waals surface area contributed by atoms with Gasteiger partial charge in [-0.2, -0.15) is 0 Å². The predicted molar refractivity (Wildman–Crippen MR) is 85.0 cm³/mol. The molecule has 2 nitrogen and oxygen atoms in total. The van der Waals surface area contributed by atoms with Crippen molar-refractivity contribution in [3.63, 3.8) is 0 Å². The van der Waals surface area contributed by atoms with Crippen molar-refractivity contribution in [1.82, 2.24) is 0 Å². The van der Waals surface area contributed by atoms with Gasteiger partial charge in [0.05, 0.1) is 0 Å². The molecule has 3 N–H and O–H groups in total. The Labute approximate surface area is 120 Å². The summed E-state index contributed by atoms with van der Waals surface area (Å²) >= 11 is 0. The van der Waals surface area contributed by atoms with Crippen molar-refractivity contribution < 1.29 is 10.2 Å². The van der Waals surface area contributed by atoms with Gasteiger partial charge in [0.15, 0.2) is 0 Å². The fourth-order valence-corrected chi connectivity index (χ4v) is 2.52. The minimum absolute atomic E-state index is 0.292. The van der Waals surface area contributed by atoms with Crippen molar-refractivity contribution in [3.8, 4) is 11.5 Å². The number of hydrogen-bond acceptors (Lipinski definition) is 1. The molecule has 0 fully saturated rings. The summed E-state index contributed by atoms with van der Waals surface area (Å²) in [5.41, 5.74) is 4.92. The first-order chi connectivity index (χ1) is 9.65. The Balaban J connectivity index is 2.52. The molecule has 0 saturated heterocycles. The van der Waals surface area contributed by atoms with E-state index in [0.29, 0.717) is 11.5 Å². The highest BCUT2D eigenvalue weighted by molar-refractivity contribution is 5.90. The van der Waals surface area contributed by atoms with Gasteiger partial charge in [0, 0.05) is 12.1 Å². The monoisotopic (exact) mass is 269 g/mol. The van der Waals surface area contributed by atoms with Crippen molar-refractivity contribution >= 4 is 11.1 Å². The maximum atomic E-state index is 9.42. The lowest BCUT2D eigenvalue weighted by atomic mass is 9.91. The molecule has 0 heterocycles. The lowest BCUT2D eigenvalue weighted by Crippen LogP contribution is -1.91. The van der Waals surface area contributed by atoms with E-state index in [4.69, 9.17) is 5.11 Å². The number of benzene rings is 2. The number of phenolic OH excluding ortho intramolecular Hbond substituents is 1. The minimum atomic E-state index is 0.292. The topological polar surface area (TPSA) is 43.1 Å². The molecule has 0 bridgehead atoms. The highest BCUT2D eigenvalue weighted by Gasteiger charge is 2.09. The lowest BCUT2D eigenvalue weighted by molar-refractivity contribution is 0.474. The zero-order chi connectivity index (χ0) is 14.5. The molecule has 2 rings (SSSR count). The van der Waals surface area contributed by atoms with Gasteiger partial charge in [-0.05, 0) is 59.4 Å². The van der Waals surface area contributed by atoms with Crippen LogP contribution in [-0.2, 0) is 0 Å². The van der Waals surface area contributed by atoms with Gasteiger partial charge in [-0.1, -0.05) is 26.0 Å². The Morgan fingerprint density at radius 2 is 1.20 bits per heavy atom. The second-order valence-electron chi connectivity index (χ2n) is 4.79. The summed E-state index contributed by atoms with van der Waals surface area (Å²) in [5.74, 6) is 0.827. The fraction of sp³-hybridized carbons (Fsp3) is 0.222. The molecule has 0 unspecified atom stereocenters. The Morgan fingerprint density at radius 1 is 0.800 bits per heavy atom. The largest absolute Gasteiger partial charge is 0.593 e. The number of phenols is 1. The number of rotatable bonds is 4. The maximum Gasteiger partial charge on any atom is 0.253 e. The molecule has 0 amide bonds. The summed E-state index contributed by atoms with van der Waals surface area (Å²) in [4.78, 5) is 0. The van der Waals surface area contributed by atoms with Crippen LogP contribution in [-0.4, -0.2) is 10.2 Å². The molecule has 0 saturated carbocycles. The Kier molecular flexibility index (Phi) is 4.46. The van der Waals surface area contributed by atoms with Crippen LogP contribution in [0.3, 0.4) is 0 Å². The van der Waals surface area contributed by atoms with Crippen LogP contribution in [0.25, 0.3) is 11.1 Å². The van der Waals surface area contributed by atoms with Crippen molar-refractivity contribution in [2.24, 2.45) is 0 Å². The zero-order valence-electron chi connectivity index (χ0n) is 12.0. The average molecular weight is 269 g/mol. The normalized spacial score (nSPS) is 12.1. The summed E-state index contributed by atoms with van der Waals surface area (Å²) in [6.45, 7) is 4.30. The first-order valence-electron chi connectivity index (χ1n) is 6.99. The third-order valence-electron chi connectivity index (χ3n) is 3.52. The van der Waals surface area contributed by atoms with Gasteiger partial charge in [-0.3, -0.25) is 0 Å².